The standard InChI is InChI=1S/C5H2F8O/c1-2(6)3(7,4(8,9)10)5(11,12)14-13/h1H2. The number of halogens is 8. The predicted octanol–water partition coefficient (Wildman–Crippen LogP) is 3.23. The molecule has 1 unspecified atom stereocenters. The predicted molar refractivity (Wildman–Crippen MR) is 27.3 cm³/mol. The summed E-state index contributed by atoms with van der Waals surface area (Å²) < 4.78 is 94.2. The fourth-order valence-electron chi connectivity index (χ4n) is 0.530. The Balaban J connectivity index is 5.45. The second-order valence-corrected chi connectivity index (χ2v) is 2.16. The van der Waals surface area contributed by atoms with Crippen LogP contribution in [0.4, 0.5) is 35.3 Å². The molecular weight excluding hydrogens is 228 g/mol. The summed E-state index contributed by atoms with van der Waals surface area (Å²) in [5.74, 6) is -3.10. The van der Waals surface area contributed by atoms with E-state index in [0.717, 1.165) is 0 Å². The average Bonchev–Trinajstić information content (AvgIpc) is 2.00. The highest BCUT2D eigenvalue weighted by atomic mass is 19.4. The molecule has 1 atom stereocenters. The van der Waals surface area contributed by atoms with Gasteiger partial charge in [-0.05, 0) is 4.53 Å². The van der Waals surface area contributed by atoms with Gasteiger partial charge in [-0.1, -0.05) is 6.58 Å². The van der Waals surface area contributed by atoms with E-state index < -0.39 is 23.8 Å². The molecule has 0 aliphatic carbocycles. The van der Waals surface area contributed by atoms with Crippen LogP contribution in [0.5, 0.6) is 0 Å². The molecule has 0 fully saturated rings. The zero-order valence-corrected chi connectivity index (χ0v) is 6.14. The molecule has 0 amide bonds. The van der Waals surface area contributed by atoms with Crippen molar-refractivity contribution in [3.05, 3.63) is 12.4 Å². The molecule has 0 rings (SSSR count). The van der Waals surface area contributed by atoms with Crippen LogP contribution in [0.1, 0.15) is 0 Å². The Morgan fingerprint density at radius 1 is 1.00 bits per heavy atom. The number of rotatable bonds is 3. The first-order valence-electron chi connectivity index (χ1n) is 2.78. The topological polar surface area (TPSA) is 9.23 Å². The molecule has 0 saturated heterocycles. The lowest BCUT2D eigenvalue weighted by atomic mass is 10.0. The van der Waals surface area contributed by atoms with E-state index >= 15 is 0 Å². The highest BCUT2D eigenvalue weighted by molar-refractivity contribution is 5.14. The third kappa shape index (κ3) is 1.68. The van der Waals surface area contributed by atoms with Crippen molar-refractivity contribution in [2.45, 2.75) is 18.0 Å². The van der Waals surface area contributed by atoms with Gasteiger partial charge in [0, 0.05) is 0 Å². The molecule has 0 bridgehead atoms. The Hall–Kier alpha value is -0.860. The van der Waals surface area contributed by atoms with E-state index in [0.29, 0.717) is 0 Å². The van der Waals surface area contributed by atoms with Crippen LogP contribution in [0.3, 0.4) is 0 Å². The van der Waals surface area contributed by atoms with E-state index in [1.807, 2.05) is 0 Å². The van der Waals surface area contributed by atoms with E-state index in [9.17, 15) is 35.3 Å². The second-order valence-electron chi connectivity index (χ2n) is 2.16. The summed E-state index contributed by atoms with van der Waals surface area (Å²) in [6, 6.07) is 0. The van der Waals surface area contributed by atoms with Crippen LogP contribution in [0.25, 0.3) is 0 Å². The van der Waals surface area contributed by atoms with Gasteiger partial charge in [0.1, 0.15) is 5.83 Å². The Morgan fingerprint density at radius 3 is 1.43 bits per heavy atom. The van der Waals surface area contributed by atoms with Gasteiger partial charge >= 0.3 is 18.0 Å². The first-order valence-corrected chi connectivity index (χ1v) is 2.78. The lowest BCUT2D eigenvalue weighted by Gasteiger charge is -2.29. The highest BCUT2D eigenvalue weighted by Gasteiger charge is 2.76. The zero-order valence-electron chi connectivity index (χ0n) is 6.14. The molecule has 84 valence electrons. The summed E-state index contributed by atoms with van der Waals surface area (Å²) in [6.45, 7) is 1.72. The van der Waals surface area contributed by atoms with Crippen LogP contribution in [-0.4, -0.2) is 18.0 Å². The lowest BCUT2D eigenvalue weighted by Crippen LogP contribution is -2.56. The highest BCUT2D eigenvalue weighted by Crippen LogP contribution is 2.50. The van der Waals surface area contributed by atoms with Crippen LogP contribution >= 0.6 is 0 Å². The van der Waals surface area contributed by atoms with Gasteiger partial charge in [0.15, 0.2) is 0 Å². The van der Waals surface area contributed by atoms with Gasteiger partial charge in [0.2, 0.25) is 0 Å². The maximum Gasteiger partial charge on any atom is 0.438 e. The molecule has 0 aromatic rings. The van der Waals surface area contributed by atoms with Gasteiger partial charge in [-0.15, -0.1) is 4.94 Å². The Kier molecular flexibility index (Phi) is 3.16. The third-order valence-corrected chi connectivity index (χ3v) is 1.26. The second kappa shape index (κ2) is 3.37. The van der Waals surface area contributed by atoms with Crippen LogP contribution in [0.2, 0.25) is 0 Å². The summed E-state index contributed by atoms with van der Waals surface area (Å²) in [4.78, 5) is 1.46. The number of alkyl halides is 6. The summed E-state index contributed by atoms with van der Waals surface area (Å²) >= 11 is 0. The van der Waals surface area contributed by atoms with Gasteiger partial charge in [0.25, 0.3) is 0 Å². The van der Waals surface area contributed by atoms with Crippen molar-refractivity contribution < 1.29 is 40.2 Å². The molecule has 9 heteroatoms. The molecule has 0 N–H and O–H groups in total. The first kappa shape index (κ1) is 13.1. The minimum absolute atomic E-state index is 1.46. The molecule has 0 aliphatic rings. The van der Waals surface area contributed by atoms with Crippen molar-refractivity contribution in [1.82, 2.24) is 0 Å². The fourth-order valence-corrected chi connectivity index (χ4v) is 0.530. The monoisotopic (exact) mass is 230 g/mol. The van der Waals surface area contributed by atoms with E-state index in [-0.39, 0.29) is 0 Å². The van der Waals surface area contributed by atoms with E-state index in [1.54, 1.807) is 6.58 Å². The van der Waals surface area contributed by atoms with Gasteiger partial charge in [-0.2, -0.15) is 22.0 Å². The van der Waals surface area contributed by atoms with Gasteiger partial charge in [-0.3, -0.25) is 0 Å². The molecule has 14 heavy (non-hydrogen) atoms. The molecule has 1 nitrogen and oxygen atoms in total. The summed E-state index contributed by atoms with van der Waals surface area (Å²) in [5, 5.41) is 0. The molecule has 0 saturated carbocycles. The third-order valence-electron chi connectivity index (χ3n) is 1.26. The zero-order chi connectivity index (χ0) is 11.8. The summed E-state index contributed by atoms with van der Waals surface area (Å²) in [7, 11) is 0. The Morgan fingerprint density at radius 2 is 1.36 bits per heavy atom. The van der Waals surface area contributed by atoms with Crippen molar-refractivity contribution >= 4 is 0 Å². The van der Waals surface area contributed by atoms with Gasteiger partial charge in [-0.25, -0.2) is 8.78 Å². The van der Waals surface area contributed by atoms with Crippen molar-refractivity contribution in [2.75, 3.05) is 0 Å². The van der Waals surface area contributed by atoms with Crippen LogP contribution in [-0.2, 0) is 4.94 Å². The molecule has 0 heterocycles. The smallest absolute Gasteiger partial charge is 0.216 e. The molecule has 0 aliphatic heterocycles. The molecule has 0 spiro atoms. The normalized spacial score (nSPS) is 17.7. The van der Waals surface area contributed by atoms with Crippen molar-refractivity contribution in [3.63, 3.8) is 0 Å². The summed E-state index contributed by atoms with van der Waals surface area (Å²) in [6.07, 6.45) is -12.4. The van der Waals surface area contributed by atoms with Crippen molar-refractivity contribution in [1.29, 1.82) is 0 Å². The van der Waals surface area contributed by atoms with Crippen LogP contribution in [0.15, 0.2) is 12.4 Å². The van der Waals surface area contributed by atoms with Crippen LogP contribution < -0.4 is 0 Å². The SMILES string of the molecule is C=C(F)C(F)(C(F)(F)F)C(F)(F)OF. The fraction of sp³-hybridized carbons (Fsp3) is 0.600. The van der Waals surface area contributed by atoms with Crippen molar-refractivity contribution in [3.8, 4) is 0 Å². The first-order chi connectivity index (χ1) is 6.00. The lowest BCUT2D eigenvalue weighted by molar-refractivity contribution is -0.433. The van der Waals surface area contributed by atoms with Gasteiger partial charge in [0.05, 0.1) is 0 Å². The quantitative estimate of drug-likeness (QED) is 0.676. The van der Waals surface area contributed by atoms with E-state index in [4.69, 9.17) is 0 Å². The van der Waals surface area contributed by atoms with Crippen LogP contribution in [0, 0.1) is 0 Å². The Bertz CT molecular complexity index is 232. The Labute approximate surface area is 71.8 Å². The largest absolute Gasteiger partial charge is 0.438 e. The van der Waals surface area contributed by atoms with E-state index in [2.05, 4.69) is 0 Å². The van der Waals surface area contributed by atoms with Gasteiger partial charge < -0.3 is 0 Å². The maximum atomic E-state index is 12.5. The molecular formula is C5H2F8O. The molecule has 0 aromatic heterocycles. The summed E-state index contributed by atoms with van der Waals surface area (Å²) in [5.41, 5.74) is -5.91. The average molecular weight is 230 g/mol. The van der Waals surface area contributed by atoms with E-state index in [1.165, 1.54) is 4.94 Å². The van der Waals surface area contributed by atoms with Crippen molar-refractivity contribution in [2.24, 2.45) is 0 Å². The molecule has 0 aromatic carbocycles. The number of hydrogen-bond acceptors (Lipinski definition) is 1. The minimum atomic E-state index is -6.39. The maximum absolute atomic E-state index is 12.5. The minimum Gasteiger partial charge on any atom is -0.216 e. The molecule has 0 radical (unpaired) electrons. The number of hydrogen-bond donors (Lipinski definition) is 0.